The Morgan fingerprint density at radius 3 is 0.759 bits per heavy atom. The Hall–Kier alpha value is -6.03. The SMILES string of the molecule is CCCCCCc1cc(/C=C/c2ccc(/C=C/c3cc(CCCCCC)c(/C=C/c4ccc(/C=C/c5cc(CCCCCC)c(/C=C/c6ccc(C(=O)OC)cc6)cc5CCCCCC)cc4)cc3CCCCCC)cc2)c(CCCCCC)cc1Br. The van der Waals surface area contributed by atoms with Gasteiger partial charge in [-0.2, -0.15) is 0 Å². The van der Waals surface area contributed by atoms with Gasteiger partial charge in [-0.25, -0.2) is 4.79 Å². The lowest BCUT2D eigenvalue weighted by Gasteiger charge is -2.14. The average molecular weight is 1230 g/mol. The van der Waals surface area contributed by atoms with E-state index in [1.165, 1.54) is 249 Å². The van der Waals surface area contributed by atoms with Crippen molar-refractivity contribution in [2.75, 3.05) is 7.11 Å². The molecule has 2 nitrogen and oxygen atoms in total. The smallest absolute Gasteiger partial charge is 0.337 e. The topological polar surface area (TPSA) is 26.3 Å². The molecule has 0 saturated heterocycles. The molecule has 0 heterocycles. The number of methoxy groups -OCH3 is 1. The van der Waals surface area contributed by atoms with Gasteiger partial charge in [-0.05, 0) is 184 Å². The first-order valence-corrected chi connectivity index (χ1v) is 35.4. The summed E-state index contributed by atoms with van der Waals surface area (Å²) in [5, 5.41) is 0. The van der Waals surface area contributed by atoms with Crippen LogP contribution < -0.4 is 0 Å². The largest absolute Gasteiger partial charge is 0.465 e. The van der Waals surface area contributed by atoms with E-state index < -0.39 is 0 Å². The maximum atomic E-state index is 12.1. The summed E-state index contributed by atoms with van der Waals surface area (Å²) < 4.78 is 6.22. The Balaban J connectivity index is 1.24. The van der Waals surface area contributed by atoms with E-state index in [-0.39, 0.29) is 5.97 Å². The summed E-state index contributed by atoms with van der Waals surface area (Å²) in [7, 11) is 1.43. The second kappa shape index (κ2) is 41.2. The summed E-state index contributed by atoms with van der Waals surface area (Å²) in [6.45, 7) is 13.8. The van der Waals surface area contributed by atoms with E-state index >= 15 is 0 Å². The van der Waals surface area contributed by atoms with Crippen molar-refractivity contribution in [2.45, 2.75) is 234 Å². The van der Waals surface area contributed by atoms with Gasteiger partial charge in [0.2, 0.25) is 0 Å². The first kappa shape index (κ1) is 70.1. The Labute approximate surface area is 538 Å². The summed E-state index contributed by atoms with van der Waals surface area (Å²) in [5.41, 5.74) is 21.9. The van der Waals surface area contributed by atoms with Crippen LogP contribution in [0.15, 0.2) is 114 Å². The van der Waals surface area contributed by atoms with Crippen molar-refractivity contribution in [3.63, 3.8) is 0 Å². The molecule has 0 fully saturated rings. The Kier molecular flexibility index (Phi) is 33.2. The lowest BCUT2D eigenvalue weighted by molar-refractivity contribution is 0.0600. The van der Waals surface area contributed by atoms with Crippen LogP contribution in [0.5, 0.6) is 0 Å². The number of unbranched alkanes of at least 4 members (excludes halogenated alkanes) is 18. The molecule has 0 radical (unpaired) electrons. The summed E-state index contributed by atoms with van der Waals surface area (Å²) in [6, 6.07) is 40.9. The quantitative estimate of drug-likeness (QED) is 0.0217. The summed E-state index contributed by atoms with van der Waals surface area (Å²) in [6.07, 6.45) is 59.9. The van der Waals surface area contributed by atoms with Crippen LogP contribution in [0.1, 0.15) is 295 Å². The van der Waals surface area contributed by atoms with E-state index in [2.05, 4.69) is 203 Å². The molecule has 0 atom stereocenters. The number of ether oxygens (including phenoxy) is 1. The summed E-state index contributed by atoms with van der Waals surface area (Å²) in [4.78, 5) is 12.1. The fourth-order valence-corrected chi connectivity index (χ4v) is 12.4. The minimum Gasteiger partial charge on any atom is -0.465 e. The number of rotatable bonds is 41. The minimum absolute atomic E-state index is 0.308. The zero-order chi connectivity index (χ0) is 61.7. The fourth-order valence-electron chi connectivity index (χ4n) is 11.9. The predicted molar refractivity (Wildman–Crippen MR) is 389 cm³/mol. The molecule has 6 aromatic rings. The van der Waals surface area contributed by atoms with Gasteiger partial charge in [0, 0.05) is 4.47 Å². The number of halogens is 1. The molecule has 0 aromatic heterocycles. The van der Waals surface area contributed by atoms with E-state index in [0.717, 1.165) is 44.1 Å². The molecule has 0 unspecified atom stereocenters. The lowest BCUT2D eigenvalue weighted by Crippen LogP contribution is -2.00. The molecular formula is C84H109BrO2. The number of benzene rings is 6. The predicted octanol–water partition coefficient (Wildman–Crippen LogP) is 25.8. The molecule has 0 aliphatic carbocycles. The lowest BCUT2D eigenvalue weighted by atomic mass is 9.91. The molecule has 6 rings (SSSR count). The van der Waals surface area contributed by atoms with Crippen molar-refractivity contribution in [1.82, 2.24) is 0 Å². The normalized spacial score (nSPS) is 12.0. The van der Waals surface area contributed by atoms with Gasteiger partial charge in [-0.1, -0.05) is 325 Å². The van der Waals surface area contributed by atoms with Gasteiger partial charge < -0.3 is 4.74 Å². The molecule has 87 heavy (non-hydrogen) atoms. The van der Waals surface area contributed by atoms with Crippen LogP contribution in [0.2, 0.25) is 0 Å². The maximum Gasteiger partial charge on any atom is 0.337 e. The molecule has 0 aliphatic rings. The monoisotopic (exact) mass is 1230 g/mol. The van der Waals surface area contributed by atoms with Gasteiger partial charge in [0.1, 0.15) is 0 Å². The second-order valence-electron chi connectivity index (χ2n) is 24.6. The molecule has 0 bridgehead atoms. The van der Waals surface area contributed by atoms with E-state index in [0.29, 0.717) is 5.56 Å². The minimum atomic E-state index is -0.308. The molecule has 464 valence electrons. The van der Waals surface area contributed by atoms with E-state index in [1.807, 2.05) is 24.3 Å². The third kappa shape index (κ3) is 25.2. The van der Waals surface area contributed by atoms with Crippen molar-refractivity contribution in [3.8, 4) is 0 Å². The number of hydrogen-bond donors (Lipinski definition) is 0. The first-order chi connectivity index (χ1) is 42.7. The first-order valence-electron chi connectivity index (χ1n) is 34.6. The van der Waals surface area contributed by atoms with Crippen LogP contribution in [0.4, 0.5) is 0 Å². The van der Waals surface area contributed by atoms with Crippen molar-refractivity contribution < 1.29 is 9.53 Å². The van der Waals surface area contributed by atoms with Gasteiger partial charge >= 0.3 is 5.97 Å². The van der Waals surface area contributed by atoms with Crippen molar-refractivity contribution in [2.24, 2.45) is 0 Å². The molecule has 0 saturated carbocycles. The van der Waals surface area contributed by atoms with Crippen LogP contribution in [0.25, 0.3) is 60.8 Å². The highest BCUT2D eigenvalue weighted by atomic mass is 79.9. The molecule has 6 aromatic carbocycles. The zero-order valence-electron chi connectivity index (χ0n) is 55.1. The van der Waals surface area contributed by atoms with Gasteiger partial charge in [0.05, 0.1) is 12.7 Å². The Morgan fingerprint density at radius 2 is 0.517 bits per heavy atom. The molecule has 0 amide bonds. The third-order valence-electron chi connectivity index (χ3n) is 17.4. The summed E-state index contributed by atoms with van der Waals surface area (Å²) in [5.74, 6) is -0.308. The van der Waals surface area contributed by atoms with Gasteiger partial charge in [-0.15, -0.1) is 0 Å². The standard InChI is InChI=1S/C84H109BrO2/c1-8-14-20-26-32-72-61-78(56-50-68-42-44-69(45-43-68)51-59-81-64-82(37-31-25-19-13-6)83(85)65-76(81)36-30-24-18-12-5)73(33-27-21-15-9-2)60-77(72)55-48-66-38-40-67(41-39-66)49-57-79-62-75(35-29-23-17-11-4)80(63-74(79)34-28-22-16-10-3)58-52-70-46-53-71(54-47-70)84(86)87-7/h38-65H,8-37H2,1-7H3/b55-48+,56-50+,57-49+,58-52+,59-51+. The number of esters is 1. The number of aryl methyl sites for hydroxylation is 6. The zero-order valence-corrected chi connectivity index (χ0v) is 56.7. The van der Waals surface area contributed by atoms with Gasteiger partial charge in [0.15, 0.2) is 0 Å². The highest BCUT2D eigenvalue weighted by molar-refractivity contribution is 9.10. The highest BCUT2D eigenvalue weighted by Crippen LogP contribution is 2.31. The average Bonchev–Trinajstić information content (AvgIpc) is 3.16. The van der Waals surface area contributed by atoms with Crippen molar-refractivity contribution >= 4 is 82.7 Å². The molecule has 3 heteroatoms. The van der Waals surface area contributed by atoms with Gasteiger partial charge in [-0.3, -0.25) is 0 Å². The van der Waals surface area contributed by atoms with Crippen LogP contribution >= 0.6 is 15.9 Å². The fraction of sp³-hybridized carbons (Fsp3) is 0.440. The van der Waals surface area contributed by atoms with Crippen molar-refractivity contribution in [3.05, 3.63) is 208 Å². The van der Waals surface area contributed by atoms with Crippen LogP contribution in [-0.4, -0.2) is 13.1 Å². The number of carbonyl (C=O) groups is 1. The van der Waals surface area contributed by atoms with Crippen LogP contribution in [0, 0.1) is 0 Å². The molecule has 0 N–H and O–H groups in total. The van der Waals surface area contributed by atoms with E-state index in [1.54, 1.807) is 0 Å². The van der Waals surface area contributed by atoms with E-state index in [9.17, 15) is 4.79 Å². The Bertz CT molecular complexity index is 3090. The summed E-state index contributed by atoms with van der Waals surface area (Å²) >= 11 is 3.97. The molecular weight excluding hydrogens is 1120 g/mol. The van der Waals surface area contributed by atoms with Gasteiger partial charge in [0.25, 0.3) is 0 Å². The van der Waals surface area contributed by atoms with E-state index in [4.69, 9.17) is 4.74 Å². The second-order valence-corrected chi connectivity index (χ2v) is 25.5. The third-order valence-corrected chi connectivity index (χ3v) is 18.1. The molecule has 0 aliphatic heterocycles. The maximum absolute atomic E-state index is 12.1. The molecule has 0 spiro atoms. The van der Waals surface area contributed by atoms with Crippen LogP contribution in [-0.2, 0) is 43.3 Å². The number of hydrogen-bond acceptors (Lipinski definition) is 2. The highest BCUT2D eigenvalue weighted by Gasteiger charge is 2.13. The van der Waals surface area contributed by atoms with Crippen molar-refractivity contribution in [1.29, 1.82) is 0 Å². The van der Waals surface area contributed by atoms with Crippen LogP contribution in [0.3, 0.4) is 0 Å². The number of carbonyl (C=O) groups excluding carboxylic acids is 1. The Morgan fingerprint density at radius 1 is 0.299 bits per heavy atom.